The van der Waals surface area contributed by atoms with Crippen LogP contribution in [0.2, 0.25) is 0 Å². The number of aromatic amines is 2. The van der Waals surface area contributed by atoms with Crippen LogP contribution in [0.3, 0.4) is 0 Å². The molecule has 174 valence electrons. The maximum Gasteiger partial charge on any atom is 0.320 e. The molecule has 2 aromatic rings. The van der Waals surface area contributed by atoms with E-state index < -0.39 is 0 Å². The second-order valence-electron chi connectivity index (χ2n) is 12.5. The Kier molecular flexibility index (Phi) is 3.68. The van der Waals surface area contributed by atoms with Crippen molar-refractivity contribution in [3.05, 3.63) is 29.1 Å². The van der Waals surface area contributed by atoms with Crippen molar-refractivity contribution in [1.29, 1.82) is 0 Å². The van der Waals surface area contributed by atoms with Crippen LogP contribution in [0.4, 0.5) is 4.79 Å². The highest BCUT2D eigenvalue weighted by atomic mass is 16.2. The van der Waals surface area contributed by atoms with Gasteiger partial charge in [-0.3, -0.25) is 10.2 Å². The van der Waals surface area contributed by atoms with Gasteiger partial charge in [0, 0.05) is 66.9 Å². The molecule has 8 heteroatoms. The van der Waals surface area contributed by atoms with Gasteiger partial charge in [-0.2, -0.15) is 10.2 Å². The summed E-state index contributed by atoms with van der Waals surface area (Å²) in [5.74, 6) is 4.74. The van der Waals surface area contributed by atoms with Crippen LogP contribution < -0.4 is 0 Å². The monoisotopic (exact) mass is 447 g/mol. The summed E-state index contributed by atoms with van der Waals surface area (Å²) in [7, 11) is 0. The van der Waals surface area contributed by atoms with Gasteiger partial charge in [-0.05, 0) is 63.4 Å². The van der Waals surface area contributed by atoms with E-state index in [1.165, 1.54) is 62.8 Å². The molecule has 0 unspecified atom stereocenters. The maximum absolute atomic E-state index is 13.0. The lowest BCUT2D eigenvalue weighted by Gasteiger charge is -2.63. The van der Waals surface area contributed by atoms with Gasteiger partial charge in [0.1, 0.15) is 5.82 Å². The number of hydrogen-bond donors (Lipinski definition) is 2. The fourth-order valence-electron chi connectivity index (χ4n) is 7.38. The molecule has 0 aromatic carbocycles. The summed E-state index contributed by atoms with van der Waals surface area (Å²) in [6, 6.07) is 2.58. The first kappa shape index (κ1) is 19.0. The molecule has 2 N–H and O–H groups in total. The van der Waals surface area contributed by atoms with Gasteiger partial charge in [-0.25, -0.2) is 9.78 Å². The molecule has 0 atom stereocenters. The molecule has 2 aromatic heterocycles. The number of nitrogens with one attached hydrogen (secondary N) is 2. The van der Waals surface area contributed by atoms with Crippen LogP contribution in [-0.2, 0) is 6.42 Å². The molecular formula is C25H33N7O. The lowest BCUT2D eigenvalue weighted by molar-refractivity contribution is -0.100. The van der Waals surface area contributed by atoms with E-state index in [-0.39, 0.29) is 6.03 Å². The lowest BCUT2D eigenvalue weighted by atomic mass is 9.56. The van der Waals surface area contributed by atoms with E-state index in [1.807, 2.05) is 0 Å². The molecule has 0 bridgehead atoms. The quantitative estimate of drug-likeness (QED) is 0.733. The van der Waals surface area contributed by atoms with E-state index in [9.17, 15) is 4.79 Å². The fourth-order valence-corrected chi connectivity index (χ4v) is 7.38. The number of nitrogens with zero attached hydrogens (tertiary/aromatic N) is 5. The van der Waals surface area contributed by atoms with E-state index in [2.05, 4.69) is 36.3 Å². The summed E-state index contributed by atoms with van der Waals surface area (Å²) < 4.78 is 0. The summed E-state index contributed by atoms with van der Waals surface area (Å²) in [5, 5.41) is 15.4. The molecule has 4 saturated carbocycles. The average Bonchev–Trinajstić information content (AvgIpc) is 3.62. The molecule has 6 aliphatic rings. The number of likely N-dealkylation sites (tertiary alicyclic amines) is 2. The van der Waals surface area contributed by atoms with Crippen LogP contribution in [0.5, 0.6) is 0 Å². The number of H-pyrrole nitrogens is 2. The zero-order valence-electron chi connectivity index (χ0n) is 19.2. The van der Waals surface area contributed by atoms with Gasteiger partial charge in [-0.15, -0.1) is 0 Å². The number of urea groups is 1. The zero-order chi connectivity index (χ0) is 21.8. The van der Waals surface area contributed by atoms with Gasteiger partial charge < -0.3 is 9.80 Å². The first-order chi connectivity index (χ1) is 16.1. The molecule has 8 nitrogen and oxygen atoms in total. The molecular weight excluding hydrogens is 414 g/mol. The van der Waals surface area contributed by atoms with Crippen molar-refractivity contribution in [2.45, 2.75) is 75.5 Å². The minimum absolute atomic E-state index is 0.276. The van der Waals surface area contributed by atoms with Crippen LogP contribution in [0, 0.1) is 16.7 Å². The number of aromatic nitrogens is 5. The average molecular weight is 448 g/mol. The standard InChI is InChI=1S/C25H33N7O/c33-23(32-13-25(14-32)9-18(10-25)20-6-19(27-28-20)16-1-2-16)31-11-24(12-31)7-15(8-24)5-21-26-22(30-29-21)17-3-4-17/h6,15-18H,1-5,7-14H2,(H,27,28)(H,26,29,30). The summed E-state index contributed by atoms with van der Waals surface area (Å²) in [6.45, 7) is 3.80. The van der Waals surface area contributed by atoms with Gasteiger partial charge in [0.05, 0.1) is 5.69 Å². The van der Waals surface area contributed by atoms with E-state index >= 15 is 0 Å². The Morgan fingerprint density at radius 1 is 0.879 bits per heavy atom. The minimum Gasteiger partial charge on any atom is -0.323 e. The van der Waals surface area contributed by atoms with Crippen molar-refractivity contribution in [3.8, 4) is 0 Å². The Hall–Kier alpha value is -2.38. The molecule has 4 aliphatic carbocycles. The van der Waals surface area contributed by atoms with Gasteiger partial charge in [0.25, 0.3) is 0 Å². The van der Waals surface area contributed by atoms with E-state index in [1.54, 1.807) is 0 Å². The zero-order valence-corrected chi connectivity index (χ0v) is 19.2. The smallest absolute Gasteiger partial charge is 0.320 e. The number of carbonyl (C=O) groups is 1. The van der Waals surface area contributed by atoms with Crippen LogP contribution in [0.15, 0.2) is 6.07 Å². The summed E-state index contributed by atoms with van der Waals surface area (Å²) >= 11 is 0. The Labute approximate surface area is 193 Å². The van der Waals surface area contributed by atoms with Gasteiger partial charge in [0.15, 0.2) is 5.82 Å². The van der Waals surface area contributed by atoms with E-state index in [4.69, 9.17) is 4.98 Å². The molecule has 8 rings (SSSR count). The third-order valence-corrected chi connectivity index (χ3v) is 9.47. The second-order valence-corrected chi connectivity index (χ2v) is 12.5. The number of amides is 2. The number of carbonyl (C=O) groups excluding carboxylic acids is 1. The van der Waals surface area contributed by atoms with Gasteiger partial charge >= 0.3 is 6.03 Å². The highest BCUT2D eigenvalue weighted by molar-refractivity contribution is 5.77. The van der Waals surface area contributed by atoms with Crippen LogP contribution >= 0.6 is 0 Å². The van der Waals surface area contributed by atoms with Crippen molar-refractivity contribution in [2.75, 3.05) is 26.2 Å². The Morgan fingerprint density at radius 3 is 2.21 bits per heavy atom. The van der Waals surface area contributed by atoms with Crippen LogP contribution in [0.25, 0.3) is 0 Å². The van der Waals surface area contributed by atoms with Crippen molar-refractivity contribution < 1.29 is 4.79 Å². The Bertz CT molecular complexity index is 1080. The summed E-state index contributed by atoms with van der Waals surface area (Å²) in [4.78, 5) is 21.8. The highest BCUT2D eigenvalue weighted by Gasteiger charge is 2.58. The predicted octanol–water partition coefficient (Wildman–Crippen LogP) is 3.54. The summed E-state index contributed by atoms with van der Waals surface area (Å²) in [5.41, 5.74) is 3.36. The maximum atomic E-state index is 13.0. The van der Waals surface area contributed by atoms with Crippen molar-refractivity contribution >= 4 is 6.03 Å². The second kappa shape index (κ2) is 6.39. The first-order valence-electron chi connectivity index (χ1n) is 13.1. The minimum atomic E-state index is 0.276. The third-order valence-electron chi connectivity index (χ3n) is 9.47. The molecule has 2 saturated heterocycles. The fraction of sp³-hybridized carbons (Fsp3) is 0.760. The van der Waals surface area contributed by atoms with Gasteiger partial charge in [0.2, 0.25) is 0 Å². The topological polar surface area (TPSA) is 93.8 Å². The largest absolute Gasteiger partial charge is 0.323 e. The van der Waals surface area contributed by atoms with Gasteiger partial charge in [-0.1, -0.05) is 0 Å². The van der Waals surface area contributed by atoms with Crippen molar-refractivity contribution in [1.82, 2.24) is 35.2 Å². The SMILES string of the molecule is O=C(N1CC2(CC(Cc3nc(C4CC4)n[nH]3)C2)C1)N1CC2(CC(c3cc(C4CC4)[nH]n3)C2)C1. The van der Waals surface area contributed by atoms with E-state index in [0.29, 0.717) is 28.6 Å². The van der Waals surface area contributed by atoms with Crippen LogP contribution in [0.1, 0.15) is 92.2 Å². The number of hydrogen-bond acceptors (Lipinski definition) is 4. The predicted molar refractivity (Wildman–Crippen MR) is 121 cm³/mol. The van der Waals surface area contributed by atoms with Crippen molar-refractivity contribution in [3.63, 3.8) is 0 Å². The molecule has 0 radical (unpaired) electrons. The molecule has 2 aliphatic heterocycles. The van der Waals surface area contributed by atoms with Crippen molar-refractivity contribution in [2.24, 2.45) is 16.7 Å². The molecule has 2 amide bonds. The van der Waals surface area contributed by atoms with E-state index in [0.717, 1.165) is 50.2 Å². The lowest BCUT2D eigenvalue weighted by Crippen LogP contribution is -2.70. The normalized spacial score (nSPS) is 27.9. The molecule has 6 fully saturated rings. The molecule has 4 heterocycles. The van der Waals surface area contributed by atoms with Crippen LogP contribution in [-0.4, -0.2) is 67.4 Å². The first-order valence-corrected chi connectivity index (χ1v) is 13.1. The molecule has 2 spiro atoms. The molecule has 33 heavy (non-hydrogen) atoms. The summed E-state index contributed by atoms with van der Waals surface area (Å²) in [6.07, 6.45) is 11.0. The Balaban J connectivity index is 0.784. The third kappa shape index (κ3) is 3.08. The Morgan fingerprint density at radius 2 is 1.55 bits per heavy atom. The number of rotatable bonds is 5. The highest BCUT2D eigenvalue weighted by Crippen LogP contribution is 2.57.